The zero-order valence-electron chi connectivity index (χ0n) is 13.6. The Balaban J connectivity index is 1.47. The first-order valence-electron chi connectivity index (χ1n) is 8.11. The molecule has 6 heteroatoms. The summed E-state index contributed by atoms with van der Waals surface area (Å²) in [5, 5.41) is 6.55. The van der Waals surface area contributed by atoms with Crippen LogP contribution in [-0.2, 0) is 0 Å². The van der Waals surface area contributed by atoms with E-state index in [-0.39, 0.29) is 12.1 Å². The summed E-state index contributed by atoms with van der Waals surface area (Å²) in [7, 11) is 0. The second-order valence-electron chi connectivity index (χ2n) is 6.06. The minimum atomic E-state index is -0.198. The molecule has 1 aromatic carbocycles. The van der Waals surface area contributed by atoms with Crippen molar-refractivity contribution >= 4 is 29.1 Å². The summed E-state index contributed by atoms with van der Waals surface area (Å²) in [5.41, 5.74) is 2.24. The van der Waals surface area contributed by atoms with Crippen LogP contribution in [0.4, 0.5) is 16.3 Å². The monoisotopic (exact) mass is 344 g/mol. The van der Waals surface area contributed by atoms with Crippen LogP contribution in [0.15, 0.2) is 42.6 Å². The van der Waals surface area contributed by atoms with Crippen molar-refractivity contribution in [3.05, 3.63) is 53.2 Å². The number of urea groups is 1. The van der Waals surface area contributed by atoms with Crippen LogP contribution in [0, 0.1) is 6.92 Å². The Morgan fingerprint density at radius 1 is 1.17 bits per heavy atom. The van der Waals surface area contributed by atoms with Crippen LogP contribution in [0.2, 0.25) is 5.02 Å². The predicted octanol–water partition coefficient (Wildman–Crippen LogP) is 3.83. The van der Waals surface area contributed by atoms with Gasteiger partial charge < -0.3 is 10.2 Å². The molecule has 5 nitrogen and oxygen atoms in total. The molecule has 1 aromatic heterocycles. The van der Waals surface area contributed by atoms with E-state index in [2.05, 4.69) is 20.5 Å². The Labute approximate surface area is 147 Å². The van der Waals surface area contributed by atoms with Crippen molar-refractivity contribution in [2.75, 3.05) is 23.3 Å². The quantitative estimate of drug-likeness (QED) is 0.889. The summed E-state index contributed by atoms with van der Waals surface area (Å²) in [6, 6.07) is 11.6. The molecule has 0 spiro atoms. The third-order valence-corrected chi connectivity index (χ3v) is 4.43. The number of pyridine rings is 1. The first-order chi connectivity index (χ1) is 11.6. The van der Waals surface area contributed by atoms with Crippen molar-refractivity contribution in [2.45, 2.75) is 25.8 Å². The molecule has 3 rings (SSSR count). The zero-order valence-corrected chi connectivity index (χ0v) is 14.4. The van der Waals surface area contributed by atoms with Gasteiger partial charge in [-0.25, -0.2) is 9.78 Å². The van der Waals surface area contributed by atoms with Crippen LogP contribution in [-0.4, -0.2) is 30.1 Å². The number of carbonyl (C=O) groups excluding carboxylic acids is 1. The van der Waals surface area contributed by atoms with E-state index in [9.17, 15) is 4.79 Å². The van der Waals surface area contributed by atoms with E-state index in [1.807, 2.05) is 37.3 Å². The number of nitrogens with zero attached hydrogens (tertiary/aromatic N) is 2. The Hall–Kier alpha value is -2.27. The summed E-state index contributed by atoms with van der Waals surface area (Å²) in [5.74, 6) is 0.566. The molecule has 126 valence electrons. The number of hydrogen-bond acceptors (Lipinski definition) is 3. The number of halogens is 1. The highest BCUT2D eigenvalue weighted by Crippen LogP contribution is 2.22. The second kappa shape index (κ2) is 7.53. The van der Waals surface area contributed by atoms with Crippen molar-refractivity contribution in [3.8, 4) is 0 Å². The van der Waals surface area contributed by atoms with Gasteiger partial charge in [-0.05, 0) is 55.7 Å². The van der Waals surface area contributed by atoms with Crippen molar-refractivity contribution < 1.29 is 4.79 Å². The molecule has 2 heterocycles. The Morgan fingerprint density at radius 3 is 2.50 bits per heavy atom. The lowest BCUT2D eigenvalue weighted by molar-refractivity contribution is 0.246. The number of aromatic nitrogens is 1. The van der Waals surface area contributed by atoms with E-state index in [1.165, 1.54) is 5.69 Å². The van der Waals surface area contributed by atoms with Gasteiger partial charge in [0.25, 0.3) is 0 Å². The van der Waals surface area contributed by atoms with Crippen LogP contribution < -0.4 is 15.5 Å². The predicted molar refractivity (Wildman–Crippen MR) is 97.8 cm³/mol. The topological polar surface area (TPSA) is 57.3 Å². The molecule has 2 amide bonds. The maximum Gasteiger partial charge on any atom is 0.320 e. The fraction of sp³-hybridized carbons (Fsp3) is 0.333. The number of nitrogens with one attached hydrogen (secondary N) is 2. The maximum absolute atomic E-state index is 12.1. The highest BCUT2D eigenvalue weighted by Gasteiger charge is 2.21. The number of amides is 2. The standard InChI is InChI=1S/C18H21ClN4O/c1-13-2-7-17(20-12-13)22-18(24)21-15-8-10-23(11-9-15)16-5-3-14(19)4-6-16/h2-7,12,15H,8-11H2,1H3,(H2,20,21,22,24). The summed E-state index contributed by atoms with van der Waals surface area (Å²) >= 11 is 5.93. The minimum Gasteiger partial charge on any atom is -0.371 e. The lowest BCUT2D eigenvalue weighted by Gasteiger charge is -2.34. The van der Waals surface area contributed by atoms with Crippen LogP contribution in [0.5, 0.6) is 0 Å². The number of piperidine rings is 1. The van der Waals surface area contributed by atoms with Crippen molar-refractivity contribution in [3.63, 3.8) is 0 Å². The average molecular weight is 345 g/mol. The van der Waals surface area contributed by atoms with Gasteiger partial charge in [-0.2, -0.15) is 0 Å². The molecule has 1 aliphatic heterocycles. The van der Waals surface area contributed by atoms with Gasteiger partial charge in [-0.3, -0.25) is 5.32 Å². The molecule has 0 saturated carbocycles. The fourth-order valence-electron chi connectivity index (χ4n) is 2.81. The molecule has 1 aliphatic rings. The first-order valence-corrected chi connectivity index (χ1v) is 8.48. The third kappa shape index (κ3) is 4.38. The maximum atomic E-state index is 12.1. The van der Waals surface area contributed by atoms with Gasteiger partial charge in [0.15, 0.2) is 0 Å². The second-order valence-corrected chi connectivity index (χ2v) is 6.49. The van der Waals surface area contributed by atoms with Gasteiger partial charge in [0, 0.05) is 36.0 Å². The molecule has 0 unspecified atom stereocenters. The molecule has 2 aromatic rings. The van der Waals surface area contributed by atoms with Gasteiger partial charge in [0.05, 0.1) is 0 Å². The highest BCUT2D eigenvalue weighted by atomic mass is 35.5. The zero-order chi connectivity index (χ0) is 16.9. The largest absolute Gasteiger partial charge is 0.371 e. The Morgan fingerprint density at radius 2 is 1.88 bits per heavy atom. The number of benzene rings is 1. The van der Waals surface area contributed by atoms with Gasteiger partial charge in [-0.1, -0.05) is 17.7 Å². The molecule has 0 radical (unpaired) electrons. The van der Waals surface area contributed by atoms with Crippen LogP contribution >= 0.6 is 11.6 Å². The number of aryl methyl sites for hydroxylation is 1. The molecule has 1 fully saturated rings. The number of anilines is 2. The molecule has 0 atom stereocenters. The lowest BCUT2D eigenvalue weighted by atomic mass is 10.0. The molecule has 24 heavy (non-hydrogen) atoms. The van der Waals surface area contributed by atoms with Crippen LogP contribution in [0.25, 0.3) is 0 Å². The van der Waals surface area contributed by atoms with E-state index in [0.29, 0.717) is 5.82 Å². The van der Waals surface area contributed by atoms with Crippen LogP contribution in [0.1, 0.15) is 18.4 Å². The molecule has 0 aliphatic carbocycles. The Bertz CT molecular complexity index is 679. The van der Waals surface area contributed by atoms with Gasteiger partial charge in [-0.15, -0.1) is 0 Å². The van der Waals surface area contributed by atoms with Crippen molar-refractivity contribution in [1.82, 2.24) is 10.3 Å². The minimum absolute atomic E-state index is 0.180. The molecule has 1 saturated heterocycles. The third-order valence-electron chi connectivity index (χ3n) is 4.17. The molecular weight excluding hydrogens is 324 g/mol. The smallest absolute Gasteiger partial charge is 0.320 e. The summed E-state index contributed by atoms with van der Waals surface area (Å²) in [6.07, 6.45) is 3.56. The average Bonchev–Trinajstić information content (AvgIpc) is 2.58. The van der Waals surface area contributed by atoms with E-state index in [4.69, 9.17) is 11.6 Å². The SMILES string of the molecule is Cc1ccc(NC(=O)NC2CCN(c3ccc(Cl)cc3)CC2)nc1. The van der Waals surface area contributed by atoms with Gasteiger partial charge in [0.1, 0.15) is 5.82 Å². The summed E-state index contributed by atoms with van der Waals surface area (Å²) < 4.78 is 0. The van der Waals surface area contributed by atoms with Gasteiger partial charge >= 0.3 is 6.03 Å². The summed E-state index contributed by atoms with van der Waals surface area (Å²) in [6.45, 7) is 3.79. The normalized spacial score (nSPS) is 15.2. The highest BCUT2D eigenvalue weighted by molar-refractivity contribution is 6.30. The number of hydrogen-bond donors (Lipinski definition) is 2. The van der Waals surface area contributed by atoms with E-state index in [0.717, 1.165) is 36.5 Å². The first kappa shape index (κ1) is 16.6. The Kier molecular flexibility index (Phi) is 5.20. The van der Waals surface area contributed by atoms with Crippen LogP contribution in [0.3, 0.4) is 0 Å². The lowest BCUT2D eigenvalue weighted by Crippen LogP contribution is -2.46. The van der Waals surface area contributed by atoms with Crippen molar-refractivity contribution in [2.24, 2.45) is 0 Å². The fourth-order valence-corrected chi connectivity index (χ4v) is 2.94. The van der Waals surface area contributed by atoms with Crippen molar-refractivity contribution in [1.29, 1.82) is 0 Å². The molecule has 2 N–H and O–H groups in total. The number of carbonyl (C=O) groups is 1. The van der Waals surface area contributed by atoms with E-state index in [1.54, 1.807) is 12.3 Å². The van der Waals surface area contributed by atoms with E-state index >= 15 is 0 Å². The summed E-state index contributed by atoms with van der Waals surface area (Å²) in [4.78, 5) is 18.6. The van der Waals surface area contributed by atoms with E-state index < -0.39 is 0 Å². The number of rotatable bonds is 3. The van der Waals surface area contributed by atoms with Gasteiger partial charge in [0.2, 0.25) is 0 Å². The molecular formula is C18H21ClN4O. The molecule has 0 bridgehead atoms.